The number of urea groups is 1. The average Bonchev–Trinajstić information content (AvgIpc) is 2.91. The molecule has 0 saturated carbocycles. The molecule has 3 rings (SSSR count). The Balaban J connectivity index is 1.80. The van der Waals surface area contributed by atoms with Crippen molar-refractivity contribution in [3.8, 4) is 0 Å². The fraction of sp³-hybridized carbons (Fsp3) is 0.286. The van der Waals surface area contributed by atoms with Gasteiger partial charge in [-0.2, -0.15) is 13.2 Å². The van der Waals surface area contributed by atoms with Gasteiger partial charge < -0.3 is 10.2 Å². The van der Waals surface area contributed by atoms with Crippen LogP contribution in [0.3, 0.4) is 0 Å². The van der Waals surface area contributed by atoms with Crippen molar-refractivity contribution in [3.63, 3.8) is 0 Å². The second-order valence-corrected chi connectivity index (χ2v) is 8.22. The molecule has 2 aromatic carbocycles. The first-order valence-corrected chi connectivity index (χ1v) is 10.1. The summed E-state index contributed by atoms with van der Waals surface area (Å²) < 4.78 is 39.9. The number of rotatable bonds is 6. The Hall–Kier alpha value is -2.88. The van der Waals surface area contributed by atoms with Crippen LogP contribution >= 0.6 is 15.9 Å². The van der Waals surface area contributed by atoms with Gasteiger partial charge in [0.1, 0.15) is 18.6 Å². The van der Waals surface area contributed by atoms with E-state index in [1.165, 1.54) is 6.92 Å². The van der Waals surface area contributed by atoms with Crippen LogP contribution in [0.2, 0.25) is 0 Å². The van der Waals surface area contributed by atoms with Crippen LogP contribution in [0, 0.1) is 0 Å². The molecule has 0 unspecified atom stereocenters. The third kappa shape index (κ3) is 5.25. The van der Waals surface area contributed by atoms with Crippen LogP contribution in [0.5, 0.6) is 0 Å². The minimum absolute atomic E-state index is 0.300. The van der Waals surface area contributed by atoms with E-state index in [2.05, 4.69) is 21.2 Å². The first-order chi connectivity index (χ1) is 14.5. The molecule has 4 amide bonds. The average molecular weight is 498 g/mol. The molecule has 2 aromatic rings. The van der Waals surface area contributed by atoms with Crippen molar-refractivity contribution in [1.82, 2.24) is 15.1 Å². The topological polar surface area (TPSA) is 69.7 Å². The Kier molecular flexibility index (Phi) is 6.40. The summed E-state index contributed by atoms with van der Waals surface area (Å²) in [4.78, 5) is 39.4. The van der Waals surface area contributed by atoms with Gasteiger partial charge in [0, 0.05) is 11.0 Å². The summed E-state index contributed by atoms with van der Waals surface area (Å²) in [6, 6.07) is 14.1. The van der Waals surface area contributed by atoms with Crippen LogP contribution in [0.25, 0.3) is 0 Å². The van der Waals surface area contributed by atoms with Gasteiger partial charge in [0.05, 0.1) is 0 Å². The highest BCUT2D eigenvalue weighted by Gasteiger charge is 2.50. The molecular weight excluding hydrogens is 479 g/mol. The molecule has 6 nitrogen and oxygen atoms in total. The van der Waals surface area contributed by atoms with Crippen LogP contribution in [0.1, 0.15) is 18.1 Å². The van der Waals surface area contributed by atoms with E-state index in [9.17, 15) is 27.6 Å². The number of hydrogen-bond donors (Lipinski definition) is 1. The van der Waals surface area contributed by atoms with Gasteiger partial charge in [0.2, 0.25) is 5.91 Å². The van der Waals surface area contributed by atoms with E-state index in [-0.39, 0.29) is 6.54 Å². The quantitative estimate of drug-likeness (QED) is 0.617. The monoisotopic (exact) mass is 497 g/mol. The maximum absolute atomic E-state index is 13.1. The number of benzene rings is 2. The maximum atomic E-state index is 13.1. The molecule has 10 heteroatoms. The normalized spacial score (nSPS) is 18.8. The van der Waals surface area contributed by atoms with Crippen LogP contribution in [0.4, 0.5) is 18.0 Å². The lowest BCUT2D eigenvalue weighted by atomic mass is 9.92. The van der Waals surface area contributed by atoms with Crippen molar-refractivity contribution < 1.29 is 27.6 Å². The zero-order valence-electron chi connectivity index (χ0n) is 16.4. The standard InChI is InChI=1S/C21H19BrF3N3O3/c1-20(15-8-5-9-16(22)10-15)18(30)28(19(31)26-20)12-17(29)27(13-21(23,24)25)11-14-6-3-2-4-7-14/h2-10H,11-13H2,1H3,(H,26,31)/t20-/m0/s1. The Labute approximate surface area is 185 Å². The number of halogens is 4. The number of carbonyl (C=O) groups is 3. The van der Waals surface area contributed by atoms with Gasteiger partial charge in [-0.1, -0.05) is 58.4 Å². The molecule has 1 aliphatic rings. The maximum Gasteiger partial charge on any atom is 0.406 e. The molecule has 1 N–H and O–H groups in total. The number of nitrogens with zero attached hydrogens (tertiary/aromatic N) is 2. The van der Waals surface area contributed by atoms with Crippen molar-refractivity contribution in [2.75, 3.05) is 13.1 Å². The van der Waals surface area contributed by atoms with Crippen molar-refractivity contribution in [2.45, 2.75) is 25.2 Å². The first-order valence-electron chi connectivity index (χ1n) is 9.28. The van der Waals surface area contributed by atoms with Crippen molar-refractivity contribution in [2.24, 2.45) is 0 Å². The van der Waals surface area contributed by atoms with E-state index < -0.39 is 42.7 Å². The third-order valence-electron chi connectivity index (χ3n) is 4.91. The lowest BCUT2D eigenvalue weighted by Gasteiger charge is -2.26. The largest absolute Gasteiger partial charge is 0.406 e. The molecular formula is C21H19BrF3N3O3. The van der Waals surface area contributed by atoms with Gasteiger partial charge in [-0.15, -0.1) is 0 Å². The molecule has 0 aliphatic carbocycles. The predicted octanol–water partition coefficient (Wildman–Crippen LogP) is 3.81. The van der Waals surface area contributed by atoms with E-state index in [0.29, 0.717) is 25.4 Å². The number of amides is 4. The van der Waals surface area contributed by atoms with Crippen LogP contribution in [-0.4, -0.2) is 46.9 Å². The highest BCUT2D eigenvalue weighted by molar-refractivity contribution is 9.10. The summed E-state index contributed by atoms with van der Waals surface area (Å²) in [7, 11) is 0. The zero-order valence-corrected chi connectivity index (χ0v) is 18.0. The summed E-state index contributed by atoms with van der Waals surface area (Å²) in [5, 5.41) is 2.54. The van der Waals surface area contributed by atoms with Gasteiger partial charge in [-0.25, -0.2) is 4.79 Å². The summed E-state index contributed by atoms with van der Waals surface area (Å²) in [5.74, 6) is -1.70. The van der Waals surface area contributed by atoms with Gasteiger partial charge in [-0.05, 0) is 30.2 Å². The summed E-state index contributed by atoms with van der Waals surface area (Å²) in [6.45, 7) is -1.10. The molecule has 1 saturated heterocycles. The number of hydrogen-bond acceptors (Lipinski definition) is 3. The number of imide groups is 1. The van der Waals surface area contributed by atoms with E-state index >= 15 is 0 Å². The van der Waals surface area contributed by atoms with E-state index in [1.807, 2.05) is 0 Å². The molecule has 0 aromatic heterocycles. The SMILES string of the molecule is C[C@@]1(c2cccc(Br)c2)NC(=O)N(CC(=O)N(Cc2ccccc2)CC(F)(F)F)C1=O. The lowest BCUT2D eigenvalue weighted by molar-refractivity contribution is -0.163. The Morgan fingerprint density at radius 3 is 2.42 bits per heavy atom. The van der Waals surface area contributed by atoms with Crippen molar-refractivity contribution >= 4 is 33.8 Å². The summed E-state index contributed by atoms with van der Waals surface area (Å²) in [6.07, 6.45) is -4.63. The van der Waals surface area contributed by atoms with Gasteiger partial charge in [0.25, 0.3) is 5.91 Å². The minimum Gasteiger partial charge on any atom is -0.328 e. The van der Waals surface area contributed by atoms with Gasteiger partial charge >= 0.3 is 12.2 Å². The molecule has 1 fully saturated rings. The second kappa shape index (κ2) is 8.70. The lowest BCUT2D eigenvalue weighted by Crippen LogP contribution is -2.46. The van der Waals surface area contributed by atoms with E-state index in [1.54, 1.807) is 54.6 Å². The number of nitrogens with one attached hydrogen (secondary N) is 1. The third-order valence-corrected chi connectivity index (χ3v) is 5.40. The molecule has 164 valence electrons. The minimum atomic E-state index is -4.63. The fourth-order valence-electron chi connectivity index (χ4n) is 3.32. The summed E-state index contributed by atoms with van der Waals surface area (Å²) >= 11 is 3.30. The Morgan fingerprint density at radius 2 is 1.81 bits per heavy atom. The highest BCUT2D eigenvalue weighted by Crippen LogP contribution is 2.30. The Morgan fingerprint density at radius 1 is 1.13 bits per heavy atom. The number of alkyl halides is 3. The molecule has 0 spiro atoms. The van der Waals surface area contributed by atoms with Gasteiger partial charge in [-0.3, -0.25) is 14.5 Å². The van der Waals surface area contributed by atoms with Crippen LogP contribution < -0.4 is 5.32 Å². The van der Waals surface area contributed by atoms with Crippen molar-refractivity contribution in [1.29, 1.82) is 0 Å². The predicted molar refractivity (Wildman–Crippen MR) is 110 cm³/mol. The molecule has 0 bridgehead atoms. The zero-order chi connectivity index (χ0) is 22.8. The van der Waals surface area contributed by atoms with Crippen molar-refractivity contribution in [3.05, 3.63) is 70.2 Å². The van der Waals surface area contributed by atoms with E-state index in [0.717, 1.165) is 0 Å². The van der Waals surface area contributed by atoms with Crippen LogP contribution in [0.15, 0.2) is 59.1 Å². The highest BCUT2D eigenvalue weighted by atomic mass is 79.9. The molecule has 1 heterocycles. The smallest absolute Gasteiger partial charge is 0.328 e. The molecule has 1 aliphatic heterocycles. The van der Waals surface area contributed by atoms with Gasteiger partial charge in [0.15, 0.2) is 0 Å². The van der Waals surface area contributed by atoms with E-state index in [4.69, 9.17) is 0 Å². The summed E-state index contributed by atoms with van der Waals surface area (Å²) in [5.41, 5.74) is -0.460. The molecule has 0 radical (unpaired) electrons. The molecule has 1 atom stereocenters. The molecule has 31 heavy (non-hydrogen) atoms. The number of carbonyl (C=O) groups excluding carboxylic acids is 3. The first kappa shape index (κ1) is 22.8. The second-order valence-electron chi connectivity index (χ2n) is 7.31. The Bertz CT molecular complexity index is 1000. The van der Waals surface area contributed by atoms with Crippen LogP contribution in [-0.2, 0) is 21.7 Å². The fourth-order valence-corrected chi connectivity index (χ4v) is 3.72.